The lowest BCUT2D eigenvalue weighted by Gasteiger charge is -2.60. The van der Waals surface area contributed by atoms with Crippen molar-refractivity contribution in [3.63, 3.8) is 0 Å². The maximum atomic E-state index is 13.3. The van der Waals surface area contributed by atoms with Crippen LogP contribution in [-0.4, -0.2) is 198 Å². The first-order valence-electron chi connectivity index (χ1n) is 51.4. The van der Waals surface area contributed by atoms with Crippen LogP contribution in [0.4, 0.5) is 10.1 Å². The van der Waals surface area contributed by atoms with Crippen molar-refractivity contribution >= 4 is 106 Å². The number of rotatable bonds is 18. The molecule has 20 aliphatic heterocycles. The molecule has 0 radical (unpaired) electrons. The summed E-state index contributed by atoms with van der Waals surface area (Å²) < 4.78 is 92.6. The fourth-order valence-electron chi connectivity index (χ4n) is 28.1. The summed E-state index contributed by atoms with van der Waals surface area (Å²) in [6.45, 7) is 37.7. The molecule has 25 fully saturated rings. The summed E-state index contributed by atoms with van der Waals surface area (Å²) >= 11 is 8.97. The van der Waals surface area contributed by atoms with Crippen LogP contribution in [0.1, 0.15) is 253 Å². The number of carboxylic acids is 1. The van der Waals surface area contributed by atoms with Crippen LogP contribution < -0.4 is 10.1 Å². The molecule has 2 N–H and O–H groups in total. The number of aliphatic carboxylic acids is 1. The second-order valence-electron chi connectivity index (χ2n) is 45.7. The molecule has 27 rings (SSSR count). The molecule has 5 aliphatic carbocycles. The van der Waals surface area contributed by atoms with E-state index in [-0.39, 0.29) is 127 Å². The van der Waals surface area contributed by atoms with Crippen LogP contribution in [-0.2, 0) is 130 Å². The number of hydrogen-bond acceptors (Lipinski definition) is 34. The molecule has 30 nitrogen and oxygen atoms in total. The molecule has 25 aliphatic rings. The number of nitrogens with one attached hydrogen (secondary N) is 1. The van der Waals surface area contributed by atoms with Gasteiger partial charge in [-0.2, -0.15) is 0 Å². The van der Waals surface area contributed by atoms with Crippen molar-refractivity contribution in [2.45, 2.75) is 379 Å². The summed E-state index contributed by atoms with van der Waals surface area (Å²) in [5.41, 5.74) is -3.24. The van der Waals surface area contributed by atoms with E-state index >= 15 is 0 Å². The van der Waals surface area contributed by atoms with E-state index in [0.29, 0.717) is 70.8 Å². The van der Waals surface area contributed by atoms with Gasteiger partial charge in [0.2, 0.25) is 34.8 Å². The molecule has 5 saturated carbocycles. The van der Waals surface area contributed by atoms with Crippen LogP contribution in [0.15, 0.2) is 53.4 Å². The summed E-state index contributed by atoms with van der Waals surface area (Å²) in [5, 5.41) is 12.0. The van der Waals surface area contributed by atoms with Crippen molar-refractivity contribution in [1.29, 1.82) is 0 Å². The van der Waals surface area contributed by atoms with Gasteiger partial charge in [-0.3, -0.25) is 24.0 Å². The molecular formula is C103H150FNO29S6. The SMILES string of the molecule is COC(=O)CS[C@@H]1O[C@@H]2O[C@]3(C)CC[C@H]4[C@H](C)CC[C@@H]([C@H]1C)[C@@]24OO3.CSc1cccc(NC(=O)CS[C@@H]2O[C@@H]3O[C@]4(C)CC[C@H]5[C@H](C)CC[C@@H]([C@H]2C)[C@@]35OO4)c1.C[C@H]1[C@H](SCC(=O)O)O[C@@H]2O[C@]3(C)CC[C@H]4[C@H](C)CC[C@@H]1[C@@]24OO3.C[C@H]1[C@H](SCC(=O)OC(C)(C)C)O[C@@H]2O[C@]3(C)CC[C@H]4[C@H](C)CC[C@@H]1[C@@]24OO3.C[C@H]1[C@H](SCC(=O)Oc2cccc(F)c2)O[C@@H]2O[C@]3(C)CC[C@H]4[C@H](C)CC[C@@H]1[C@@]24OO3. The van der Waals surface area contributed by atoms with Crippen LogP contribution in [0.2, 0.25) is 0 Å². The van der Waals surface area contributed by atoms with Gasteiger partial charge in [0.1, 0.15) is 44.3 Å². The number of carboxylic acid groups (broad SMARTS) is 1. The van der Waals surface area contributed by atoms with Gasteiger partial charge < -0.3 is 72.0 Å². The third-order valence-corrected chi connectivity index (χ3v) is 42.5. The maximum Gasteiger partial charge on any atom is 0.321 e. The van der Waals surface area contributed by atoms with Gasteiger partial charge in [0, 0.05) is 78.3 Å². The zero-order valence-electron chi connectivity index (χ0n) is 84.8. The van der Waals surface area contributed by atoms with E-state index in [1.165, 1.54) is 91.6 Å². The van der Waals surface area contributed by atoms with E-state index in [1.54, 1.807) is 29.6 Å². The number of halogens is 1. The van der Waals surface area contributed by atoms with Crippen molar-refractivity contribution in [3.8, 4) is 5.75 Å². The Balaban J connectivity index is 0.000000116. The predicted molar refractivity (Wildman–Crippen MR) is 521 cm³/mol. The lowest BCUT2D eigenvalue weighted by molar-refractivity contribution is -0.568. The molecule has 40 atom stereocenters. The molecule has 1 amide bonds. The molecule has 20 saturated heterocycles. The highest BCUT2D eigenvalue weighted by atomic mass is 32.2. The Bertz CT molecular complexity index is 4730. The predicted octanol–water partition coefficient (Wildman–Crippen LogP) is 20.3. The van der Waals surface area contributed by atoms with E-state index < -0.39 is 112 Å². The monoisotopic (exact) mass is 2080 g/mol. The van der Waals surface area contributed by atoms with Crippen molar-refractivity contribution in [2.24, 2.45) is 118 Å². The van der Waals surface area contributed by atoms with Crippen LogP contribution in [0.25, 0.3) is 0 Å². The number of fused-ring (bicyclic) bond motifs is 10. The first-order valence-corrected chi connectivity index (χ1v) is 57.9. The molecule has 37 heteroatoms. The Morgan fingerprint density at radius 2 is 0.686 bits per heavy atom. The molecule has 0 unspecified atom stereocenters. The van der Waals surface area contributed by atoms with E-state index in [0.717, 1.165) is 120 Å². The summed E-state index contributed by atoms with van der Waals surface area (Å²) in [6, 6.07) is 13.5. The van der Waals surface area contributed by atoms with Gasteiger partial charge in [-0.05, 0) is 277 Å². The highest BCUT2D eigenvalue weighted by molar-refractivity contribution is 8.01. The van der Waals surface area contributed by atoms with Crippen LogP contribution in [0.5, 0.6) is 5.75 Å². The molecular weight excluding hydrogens is 1930 g/mol. The highest BCUT2D eigenvalue weighted by Crippen LogP contribution is 2.69. The van der Waals surface area contributed by atoms with Crippen molar-refractivity contribution < 1.29 is 144 Å². The van der Waals surface area contributed by atoms with Gasteiger partial charge in [-0.15, -0.1) is 70.6 Å². The Kier molecular flexibility index (Phi) is 32.0. The number of benzene rings is 2. The average Bonchev–Trinajstić information content (AvgIpc) is 1.43. The Hall–Kier alpha value is -2.98. The Morgan fingerprint density at radius 1 is 0.386 bits per heavy atom. The smallest absolute Gasteiger partial charge is 0.321 e. The number of thioether (sulfide) groups is 6. The fraction of sp³-hybridized carbons (Fsp3) is 0.835. The van der Waals surface area contributed by atoms with Crippen LogP contribution in [0.3, 0.4) is 0 Å². The summed E-state index contributed by atoms with van der Waals surface area (Å²) in [7, 11) is 1.41. The van der Waals surface area contributed by atoms with Gasteiger partial charge >= 0.3 is 23.9 Å². The van der Waals surface area contributed by atoms with E-state index in [9.17, 15) is 28.4 Å². The summed E-state index contributed by atoms with van der Waals surface area (Å²) in [4.78, 5) is 121. The normalized spacial score (nSPS) is 47.4. The minimum Gasteiger partial charge on any atom is -0.481 e. The van der Waals surface area contributed by atoms with Gasteiger partial charge in [-0.1, -0.05) is 81.4 Å². The lowest BCUT2D eigenvalue weighted by atomic mass is 9.58. The standard InChI is InChI=1S/C24H33NO5S2.C23H29FO6S.C21H34O6S.C18H28O6S.C17H26O6S/c1-14-8-9-19-15(2)21(32-13-20(26)25-16-6-5-7-17(12-16)31-4)27-22-24(19)18(14)10-11-23(3,28-22)29-30-24;1-13-7-8-18-14(2)20(31-12-19(25)26-16-6-4-5-15(24)11-16)27-21-23(18)17(13)9-10-22(3,28-21)29-30-23;1-12-7-8-15-13(2)17(28-11-16(22)24-19(3,4)5)23-18-21(15)14(12)9-10-20(6,25-18)26-27-21;1-10-5-6-13-11(2)15(25-9-14(19)20-4)21-16-18(13)12(10)7-8-17(3,22-16)23-24-18;1-9-4-5-12-10(2)14(24-8-13(18)19)20-15-17(12)11(9)6-7-16(3,21-15)22-23-17/h5-7,12,14-15,18-19,21-22H,8-11,13H2,1-4H3,(H,25,26);4-6,11,13-14,17-18,20-21H,7-10,12H2,1-3H3;12-15,17-18H,7-11H2,1-6H3;10-13,15-16H,5-9H2,1-4H3;9-12,14-15H,4-8H2,1-3H3,(H,18,19)/t14-,15-,18+,19+,21+,22-,23+,24-;13-,14-,17+,18+,20+,21-,22+,23-;12-,13-,14+,15+,17+,18-,20+,21-;10-,11-,12+,13+,15+,16-,17+,18-;9-,10-,11+,12+,14+,15-,16+,17-/m11111/s1. The van der Waals surface area contributed by atoms with Gasteiger partial charge in [0.25, 0.3) is 0 Å². The number of anilines is 1. The molecule has 140 heavy (non-hydrogen) atoms. The number of esters is 3. The van der Waals surface area contributed by atoms with E-state index in [2.05, 4.69) is 74.6 Å². The molecule has 20 heterocycles. The molecule has 784 valence electrons. The quantitative estimate of drug-likeness (QED) is 0.0606. The van der Waals surface area contributed by atoms with Crippen molar-refractivity contribution in [2.75, 3.05) is 47.4 Å². The fourth-order valence-corrected chi connectivity index (χ4v) is 33.7. The van der Waals surface area contributed by atoms with Gasteiger partial charge in [0.05, 0.1) is 35.9 Å². The maximum absolute atomic E-state index is 13.3. The minimum absolute atomic E-state index is 0.0191. The minimum atomic E-state index is -0.818. The first kappa shape index (κ1) is 107. The van der Waals surface area contributed by atoms with E-state index in [4.69, 9.17) is 116 Å². The van der Waals surface area contributed by atoms with E-state index in [1.807, 2.05) is 85.9 Å². The highest BCUT2D eigenvalue weighted by Gasteiger charge is 2.76. The number of amides is 1. The molecule has 10 bridgehead atoms. The average molecular weight is 2080 g/mol. The Labute approximate surface area is 849 Å². The zero-order chi connectivity index (χ0) is 99.6. The third-order valence-electron chi connectivity index (χ3n) is 35.4. The third kappa shape index (κ3) is 20.5. The largest absolute Gasteiger partial charge is 0.481 e. The van der Waals surface area contributed by atoms with Crippen molar-refractivity contribution in [1.82, 2.24) is 0 Å². The number of carbonyl (C=O) groups excluding carboxylic acids is 4. The van der Waals surface area contributed by atoms with Crippen LogP contribution in [0, 0.1) is 124 Å². The second-order valence-corrected chi connectivity index (χ2v) is 52.0. The van der Waals surface area contributed by atoms with Crippen molar-refractivity contribution in [3.05, 3.63) is 54.3 Å². The molecule has 2 aromatic rings. The summed E-state index contributed by atoms with van der Waals surface area (Å²) in [5.74, 6) is 2.01. The number of hydrogen-bond donors (Lipinski definition) is 2. The second kappa shape index (κ2) is 42.0. The zero-order valence-corrected chi connectivity index (χ0v) is 89.7. The lowest BCUT2D eigenvalue weighted by Crippen LogP contribution is -2.70. The molecule has 5 spiro atoms. The van der Waals surface area contributed by atoms with Gasteiger partial charge in [-0.25, -0.2) is 53.3 Å². The first-order chi connectivity index (χ1) is 66.4. The number of carbonyl (C=O) groups is 5. The number of methoxy groups -OCH3 is 1. The molecule has 0 aromatic heterocycles. The number of ether oxygens (including phenoxy) is 13. The van der Waals surface area contributed by atoms with Crippen LogP contribution >= 0.6 is 70.6 Å². The summed E-state index contributed by atoms with van der Waals surface area (Å²) in [6.07, 6.45) is 19.8. The topological polar surface area (TPSA) is 330 Å². The van der Waals surface area contributed by atoms with Gasteiger partial charge in [0.15, 0.2) is 59.5 Å². The Morgan fingerprint density at radius 3 is 0.986 bits per heavy atom. The molecule has 2 aromatic carbocycles.